The molecule has 1 fully saturated rings. The third-order valence-corrected chi connectivity index (χ3v) is 4.41. The summed E-state index contributed by atoms with van der Waals surface area (Å²) >= 11 is 0. The molecule has 0 spiro atoms. The van der Waals surface area contributed by atoms with E-state index in [-0.39, 0.29) is 11.4 Å². The smallest absolute Gasteiger partial charge is 0.251 e. The summed E-state index contributed by atoms with van der Waals surface area (Å²) in [6.07, 6.45) is 5.89. The predicted molar refractivity (Wildman–Crippen MR) is 82.4 cm³/mol. The predicted octanol–water partition coefficient (Wildman–Crippen LogP) is 2.98. The maximum Gasteiger partial charge on any atom is 0.251 e. The van der Waals surface area contributed by atoms with Gasteiger partial charge in [0.05, 0.1) is 11.4 Å². The van der Waals surface area contributed by atoms with E-state index in [9.17, 15) is 4.79 Å². The van der Waals surface area contributed by atoms with Crippen LogP contribution in [-0.4, -0.2) is 24.5 Å². The van der Waals surface area contributed by atoms with E-state index >= 15 is 0 Å². The van der Waals surface area contributed by atoms with Crippen LogP contribution in [0, 0.1) is 0 Å². The topological polar surface area (TPSA) is 53.2 Å². The third kappa shape index (κ3) is 2.74. The highest BCUT2D eigenvalue weighted by Crippen LogP contribution is 2.29. The van der Waals surface area contributed by atoms with Crippen LogP contribution in [0.25, 0.3) is 0 Å². The Bertz CT molecular complexity index is 506. The summed E-state index contributed by atoms with van der Waals surface area (Å²) < 4.78 is 0. The minimum absolute atomic E-state index is 0.0308. The molecule has 108 valence electrons. The highest BCUT2D eigenvalue weighted by molar-refractivity contribution is 5.97. The van der Waals surface area contributed by atoms with Crippen LogP contribution in [-0.2, 0) is 0 Å². The van der Waals surface area contributed by atoms with Crippen molar-refractivity contribution in [1.82, 2.24) is 5.32 Å². The lowest BCUT2D eigenvalue weighted by Gasteiger charge is -2.34. The second-order valence-corrected chi connectivity index (χ2v) is 6.19. The van der Waals surface area contributed by atoms with Gasteiger partial charge in [0.1, 0.15) is 0 Å². The van der Waals surface area contributed by atoms with E-state index in [0.717, 1.165) is 42.9 Å². The Labute approximate surface area is 120 Å². The molecule has 0 atom stereocenters. The molecule has 3 N–H and O–H groups in total. The van der Waals surface area contributed by atoms with Crippen molar-refractivity contribution in [3.8, 4) is 0 Å². The van der Waals surface area contributed by atoms with E-state index < -0.39 is 0 Å². The van der Waals surface area contributed by atoms with E-state index in [0.29, 0.717) is 0 Å². The Kier molecular flexibility index (Phi) is 3.55. The largest absolute Gasteiger partial charge is 0.382 e. The summed E-state index contributed by atoms with van der Waals surface area (Å²) in [5.74, 6) is 0.0459. The molecular formula is C16H23N3O. The molecule has 1 aliphatic heterocycles. The first-order valence-corrected chi connectivity index (χ1v) is 7.61. The van der Waals surface area contributed by atoms with Gasteiger partial charge in [0.2, 0.25) is 0 Å². The van der Waals surface area contributed by atoms with Crippen molar-refractivity contribution >= 4 is 17.3 Å². The Hall–Kier alpha value is -1.71. The molecule has 1 aliphatic carbocycles. The third-order valence-electron chi connectivity index (χ3n) is 4.41. The summed E-state index contributed by atoms with van der Waals surface area (Å²) in [6.45, 7) is 3.99. The van der Waals surface area contributed by atoms with E-state index in [1.165, 1.54) is 19.3 Å². The Morgan fingerprint density at radius 1 is 1.10 bits per heavy atom. The minimum atomic E-state index is -0.0308. The summed E-state index contributed by atoms with van der Waals surface area (Å²) in [5, 5.41) is 9.88. The molecular weight excluding hydrogens is 250 g/mol. The van der Waals surface area contributed by atoms with E-state index in [2.05, 4.69) is 22.9 Å². The number of carbonyl (C=O) groups is 1. The molecule has 2 aliphatic rings. The number of rotatable bonds is 2. The van der Waals surface area contributed by atoms with Crippen LogP contribution in [0.15, 0.2) is 18.2 Å². The van der Waals surface area contributed by atoms with Crippen molar-refractivity contribution in [3.63, 3.8) is 0 Å². The lowest BCUT2D eigenvalue weighted by atomic mass is 9.83. The van der Waals surface area contributed by atoms with Crippen molar-refractivity contribution in [2.45, 2.75) is 44.6 Å². The standard InChI is InChI=1S/C16H23N3O/c1-16(7-3-2-4-8-16)19-15(20)12-5-6-13-14(11-12)18-10-9-17-13/h5-6,11,17-18H,2-4,7-10H2,1H3,(H,19,20). The fourth-order valence-corrected chi connectivity index (χ4v) is 3.18. The Morgan fingerprint density at radius 3 is 2.55 bits per heavy atom. The lowest BCUT2D eigenvalue weighted by Crippen LogP contribution is -2.47. The molecule has 0 radical (unpaired) electrons. The number of nitrogens with one attached hydrogen (secondary N) is 3. The summed E-state index contributed by atoms with van der Waals surface area (Å²) in [7, 11) is 0. The van der Waals surface area contributed by atoms with Gasteiger partial charge in [-0.2, -0.15) is 0 Å². The Balaban J connectivity index is 1.73. The van der Waals surface area contributed by atoms with Gasteiger partial charge in [-0.05, 0) is 38.0 Å². The molecule has 1 aromatic rings. The highest BCUT2D eigenvalue weighted by Gasteiger charge is 2.28. The molecule has 4 heteroatoms. The summed E-state index contributed by atoms with van der Waals surface area (Å²) in [6, 6.07) is 5.84. The van der Waals surface area contributed by atoms with E-state index in [1.807, 2.05) is 18.2 Å². The molecule has 0 saturated heterocycles. The first kappa shape index (κ1) is 13.3. The van der Waals surface area contributed by atoms with Gasteiger partial charge < -0.3 is 16.0 Å². The summed E-state index contributed by atoms with van der Waals surface area (Å²) in [4.78, 5) is 12.4. The molecule has 3 rings (SSSR count). The van der Waals surface area contributed by atoms with Crippen molar-refractivity contribution < 1.29 is 4.79 Å². The number of fused-ring (bicyclic) bond motifs is 1. The number of hydrogen-bond acceptors (Lipinski definition) is 3. The Morgan fingerprint density at radius 2 is 1.80 bits per heavy atom. The molecule has 4 nitrogen and oxygen atoms in total. The maximum absolute atomic E-state index is 12.4. The number of amides is 1. The van der Waals surface area contributed by atoms with Crippen molar-refractivity contribution in [2.75, 3.05) is 23.7 Å². The van der Waals surface area contributed by atoms with Crippen molar-refractivity contribution in [1.29, 1.82) is 0 Å². The van der Waals surface area contributed by atoms with Gasteiger partial charge in [-0.15, -0.1) is 0 Å². The van der Waals surface area contributed by atoms with Crippen LogP contribution in [0.3, 0.4) is 0 Å². The van der Waals surface area contributed by atoms with Crippen LogP contribution in [0.5, 0.6) is 0 Å². The summed E-state index contributed by atoms with van der Waals surface area (Å²) in [5.41, 5.74) is 2.82. The molecule has 0 unspecified atom stereocenters. The average molecular weight is 273 g/mol. The minimum Gasteiger partial charge on any atom is -0.382 e. The lowest BCUT2D eigenvalue weighted by molar-refractivity contribution is 0.0883. The maximum atomic E-state index is 12.4. The zero-order valence-electron chi connectivity index (χ0n) is 12.1. The van der Waals surface area contributed by atoms with Gasteiger partial charge >= 0.3 is 0 Å². The number of carbonyl (C=O) groups excluding carboxylic acids is 1. The van der Waals surface area contributed by atoms with Crippen LogP contribution >= 0.6 is 0 Å². The van der Waals surface area contributed by atoms with Crippen LogP contribution in [0.1, 0.15) is 49.4 Å². The first-order valence-electron chi connectivity index (χ1n) is 7.61. The molecule has 1 amide bonds. The molecule has 20 heavy (non-hydrogen) atoms. The number of hydrogen-bond donors (Lipinski definition) is 3. The SMILES string of the molecule is CC1(NC(=O)c2ccc3c(c2)NCCN3)CCCCC1. The molecule has 0 aromatic heterocycles. The normalized spacial score (nSPS) is 20.2. The fourth-order valence-electron chi connectivity index (χ4n) is 3.18. The first-order chi connectivity index (χ1) is 9.66. The van der Waals surface area contributed by atoms with E-state index in [4.69, 9.17) is 0 Å². The van der Waals surface area contributed by atoms with E-state index in [1.54, 1.807) is 0 Å². The highest BCUT2D eigenvalue weighted by atomic mass is 16.1. The zero-order chi connectivity index (χ0) is 14.0. The van der Waals surface area contributed by atoms with Gasteiger partial charge in [0.15, 0.2) is 0 Å². The molecule has 1 saturated carbocycles. The second kappa shape index (κ2) is 5.35. The zero-order valence-corrected chi connectivity index (χ0v) is 12.1. The van der Waals surface area contributed by atoms with Crippen LogP contribution < -0.4 is 16.0 Å². The van der Waals surface area contributed by atoms with Gasteiger partial charge in [-0.1, -0.05) is 19.3 Å². The van der Waals surface area contributed by atoms with Crippen LogP contribution in [0.4, 0.5) is 11.4 Å². The molecule has 0 bridgehead atoms. The molecule has 1 aromatic carbocycles. The average Bonchev–Trinajstić information content (AvgIpc) is 2.47. The van der Waals surface area contributed by atoms with Crippen molar-refractivity contribution in [2.24, 2.45) is 0 Å². The molecule has 1 heterocycles. The number of benzene rings is 1. The quantitative estimate of drug-likeness (QED) is 0.776. The van der Waals surface area contributed by atoms with Gasteiger partial charge in [0.25, 0.3) is 5.91 Å². The van der Waals surface area contributed by atoms with Gasteiger partial charge in [-0.25, -0.2) is 0 Å². The number of anilines is 2. The van der Waals surface area contributed by atoms with Crippen molar-refractivity contribution in [3.05, 3.63) is 23.8 Å². The van der Waals surface area contributed by atoms with Crippen LogP contribution in [0.2, 0.25) is 0 Å². The van der Waals surface area contributed by atoms with Gasteiger partial charge in [0, 0.05) is 24.2 Å². The van der Waals surface area contributed by atoms with Gasteiger partial charge in [-0.3, -0.25) is 4.79 Å². The fraction of sp³-hybridized carbons (Fsp3) is 0.562. The second-order valence-electron chi connectivity index (χ2n) is 6.19. The monoisotopic (exact) mass is 273 g/mol.